The summed E-state index contributed by atoms with van der Waals surface area (Å²) in [5.74, 6) is 0.486. The fourth-order valence-electron chi connectivity index (χ4n) is 2.20. The Balaban J connectivity index is 2.44. The van der Waals surface area contributed by atoms with Gasteiger partial charge in [0.25, 0.3) is 0 Å². The largest absolute Gasteiger partial charge is 0.383 e. The van der Waals surface area contributed by atoms with Gasteiger partial charge < -0.3 is 15.0 Å². The Bertz CT molecular complexity index is 207. The van der Waals surface area contributed by atoms with Crippen LogP contribution in [0.4, 0.5) is 0 Å². The van der Waals surface area contributed by atoms with Crippen molar-refractivity contribution in [2.24, 2.45) is 5.92 Å². The molecule has 1 aliphatic rings. The lowest BCUT2D eigenvalue weighted by atomic mass is 9.98. The molecule has 0 bridgehead atoms. The summed E-state index contributed by atoms with van der Waals surface area (Å²) in [5, 5.41) is 3.30. The second-order valence-electron chi connectivity index (χ2n) is 4.71. The molecule has 1 saturated heterocycles. The number of carbonyl (C=O) groups is 1. The van der Waals surface area contributed by atoms with Crippen LogP contribution >= 0.6 is 0 Å². The summed E-state index contributed by atoms with van der Waals surface area (Å²) in [7, 11) is 1.69. The second-order valence-corrected chi connectivity index (χ2v) is 4.71. The van der Waals surface area contributed by atoms with E-state index in [1.54, 1.807) is 7.11 Å². The molecule has 1 unspecified atom stereocenters. The van der Waals surface area contributed by atoms with Gasteiger partial charge in [-0.15, -0.1) is 0 Å². The highest BCUT2D eigenvalue weighted by atomic mass is 16.5. The Morgan fingerprint density at radius 1 is 1.47 bits per heavy atom. The van der Waals surface area contributed by atoms with Gasteiger partial charge in [0.1, 0.15) is 0 Å². The third-order valence-electron chi connectivity index (χ3n) is 3.30. The first kappa shape index (κ1) is 14.5. The van der Waals surface area contributed by atoms with Gasteiger partial charge in [0, 0.05) is 26.7 Å². The van der Waals surface area contributed by atoms with Crippen LogP contribution in [-0.2, 0) is 9.53 Å². The van der Waals surface area contributed by atoms with E-state index >= 15 is 0 Å². The number of rotatable bonds is 7. The van der Waals surface area contributed by atoms with Crippen LogP contribution in [0.2, 0.25) is 0 Å². The first-order valence-corrected chi connectivity index (χ1v) is 6.78. The van der Waals surface area contributed by atoms with E-state index in [9.17, 15) is 4.79 Å². The van der Waals surface area contributed by atoms with Crippen LogP contribution in [0, 0.1) is 5.92 Å². The highest BCUT2D eigenvalue weighted by molar-refractivity contribution is 5.79. The lowest BCUT2D eigenvalue weighted by Crippen LogP contribution is -2.44. The van der Waals surface area contributed by atoms with Crippen LogP contribution in [0.25, 0.3) is 0 Å². The number of nitrogens with one attached hydrogen (secondary N) is 1. The van der Waals surface area contributed by atoms with Crippen LogP contribution in [0.3, 0.4) is 0 Å². The molecule has 4 heteroatoms. The van der Waals surface area contributed by atoms with Crippen LogP contribution in [-0.4, -0.2) is 50.7 Å². The van der Waals surface area contributed by atoms with Gasteiger partial charge in [-0.2, -0.15) is 0 Å². The Morgan fingerprint density at radius 3 is 2.88 bits per heavy atom. The molecule has 1 N–H and O–H groups in total. The van der Waals surface area contributed by atoms with E-state index in [1.807, 2.05) is 4.90 Å². The molecule has 0 saturated carbocycles. The number of methoxy groups -OCH3 is 1. The second kappa shape index (κ2) is 8.48. The van der Waals surface area contributed by atoms with E-state index in [1.165, 1.54) is 0 Å². The van der Waals surface area contributed by atoms with E-state index in [0.717, 1.165) is 51.9 Å². The summed E-state index contributed by atoms with van der Waals surface area (Å²) < 4.78 is 5.08. The zero-order chi connectivity index (χ0) is 12.5. The monoisotopic (exact) mass is 242 g/mol. The lowest BCUT2D eigenvalue weighted by molar-refractivity contribution is -0.136. The van der Waals surface area contributed by atoms with Gasteiger partial charge >= 0.3 is 0 Å². The third-order valence-corrected chi connectivity index (χ3v) is 3.30. The van der Waals surface area contributed by atoms with Crippen molar-refractivity contribution in [3.05, 3.63) is 0 Å². The maximum absolute atomic E-state index is 12.3. The first-order valence-electron chi connectivity index (χ1n) is 6.78. The highest BCUT2D eigenvalue weighted by Gasteiger charge is 2.25. The van der Waals surface area contributed by atoms with Crippen molar-refractivity contribution in [1.29, 1.82) is 0 Å². The smallest absolute Gasteiger partial charge is 0.227 e. The maximum Gasteiger partial charge on any atom is 0.227 e. The fourth-order valence-corrected chi connectivity index (χ4v) is 2.20. The summed E-state index contributed by atoms with van der Waals surface area (Å²) in [4.78, 5) is 14.3. The first-order chi connectivity index (χ1) is 8.29. The van der Waals surface area contributed by atoms with Crippen molar-refractivity contribution in [3.8, 4) is 0 Å². The molecule has 1 atom stereocenters. The van der Waals surface area contributed by atoms with Gasteiger partial charge in [0.05, 0.1) is 12.5 Å². The summed E-state index contributed by atoms with van der Waals surface area (Å²) in [5.41, 5.74) is 0. The van der Waals surface area contributed by atoms with Crippen molar-refractivity contribution in [1.82, 2.24) is 10.2 Å². The van der Waals surface area contributed by atoms with E-state index in [0.29, 0.717) is 12.5 Å². The molecule has 17 heavy (non-hydrogen) atoms. The number of piperidine rings is 1. The molecular formula is C13H26N2O2. The number of nitrogens with zero attached hydrogens (tertiary/aromatic N) is 1. The minimum absolute atomic E-state index is 0.178. The van der Waals surface area contributed by atoms with Crippen molar-refractivity contribution in [2.45, 2.75) is 32.6 Å². The molecule has 0 spiro atoms. The number of hydrogen-bond acceptors (Lipinski definition) is 3. The van der Waals surface area contributed by atoms with Gasteiger partial charge in [0.2, 0.25) is 5.91 Å². The molecule has 0 aromatic heterocycles. The standard InChI is InChI=1S/C13H26N2O2/c1-3-4-8-15(9-10-17-2)13(16)12-6-5-7-14-11-12/h12,14H,3-11H2,1-2H3. The van der Waals surface area contributed by atoms with Gasteiger partial charge in [0.15, 0.2) is 0 Å². The van der Waals surface area contributed by atoms with Gasteiger partial charge in [-0.05, 0) is 25.8 Å². The number of unbranched alkanes of at least 4 members (excludes halogenated alkanes) is 1. The van der Waals surface area contributed by atoms with Crippen LogP contribution in [0.1, 0.15) is 32.6 Å². The summed E-state index contributed by atoms with van der Waals surface area (Å²) in [6.07, 6.45) is 4.35. The molecule has 100 valence electrons. The molecular weight excluding hydrogens is 216 g/mol. The minimum Gasteiger partial charge on any atom is -0.383 e. The van der Waals surface area contributed by atoms with E-state index in [4.69, 9.17) is 4.74 Å². The Hall–Kier alpha value is -0.610. The molecule has 1 rings (SSSR count). The quantitative estimate of drug-likeness (QED) is 0.731. The van der Waals surface area contributed by atoms with Crippen molar-refractivity contribution >= 4 is 5.91 Å². The molecule has 4 nitrogen and oxygen atoms in total. The molecule has 1 fully saturated rings. The van der Waals surface area contributed by atoms with Gasteiger partial charge in [-0.25, -0.2) is 0 Å². The van der Waals surface area contributed by atoms with E-state index in [2.05, 4.69) is 12.2 Å². The fraction of sp³-hybridized carbons (Fsp3) is 0.923. The van der Waals surface area contributed by atoms with Crippen LogP contribution in [0.15, 0.2) is 0 Å². The Labute approximate surface area is 105 Å². The molecule has 1 aliphatic heterocycles. The third kappa shape index (κ3) is 5.04. The predicted octanol–water partition coefficient (Wildman–Crippen LogP) is 1.26. The van der Waals surface area contributed by atoms with E-state index < -0.39 is 0 Å². The average molecular weight is 242 g/mol. The predicted molar refractivity (Wildman–Crippen MR) is 69.0 cm³/mol. The topological polar surface area (TPSA) is 41.6 Å². The molecule has 0 aromatic carbocycles. The normalized spacial score (nSPS) is 20.2. The van der Waals surface area contributed by atoms with Crippen molar-refractivity contribution in [2.75, 3.05) is 39.9 Å². The van der Waals surface area contributed by atoms with E-state index in [-0.39, 0.29) is 5.92 Å². The van der Waals surface area contributed by atoms with Crippen LogP contribution < -0.4 is 5.32 Å². The number of ether oxygens (including phenoxy) is 1. The minimum atomic E-state index is 0.178. The SMILES string of the molecule is CCCCN(CCOC)C(=O)C1CCCNC1. The summed E-state index contributed by atoms with van der Waals surface area (Å²) in [6.45, 7) is 6.28. The molecule has 0 radical (unpaired) electrons. The van der Waals surface area contributed by atoms with Crippen LogP contribution in [0.5, 0.6) is 0 Å². The summed E-state index contributed by atoms with van der Waals surface area (Å²) >= 11 is 0. The number of amides is 1. The Morgan fingerprint density at radius 2 is 2.29 bits per heavy atom. The zero-order valence-corrected chi connectivity index (χ0v) is 11.2. The molecule has 1 heterocycles. The Kier molecular flexibility index (Phi) is 7.21. The maximum atomic E-state index is 12.3. The number of carbonyl (C=O) groups excluding carboxylic acids is 1. The average Bonchev–Trinajstić information content (AvgIpc) is 2.39. The van der Waals surface area contributed by atoms with Gasteiger partial charge in [-0.3, -0.25) is 4.79 Å². The van der Waals surface area contributed by atoms with Gasteiger partial charge in [-0.1, -0.05) is 13.3 Å². The molecule has 0 aromatic rings. The zero-order valence-electron chi connectivity index (χ0n) is 11.2. The summed E-state index contributed by atoms with van der Waals surface area (Å²) in [6, 6.07) is 0. The van der Waals surface area contributed by atoms with Crippen molar-refractivity contribution < 1.29 is 9.53 Å². The highest BCUT2D eigenvalue weighted by Crippen LogP contribution is 2.14. The molecule has 1 amide bonds. The number of hydrogen-bond donors (Lipinski definition) is 1. The lowest BCUT2D eigenvalue weighted by Gasteiger charge is -2.29. The van der Waals surface area contributed by atoms with Crippen molar-refractivity contribution in [3.63, 3.8) is 0 Å². The molecule has 0 aliphatic carbocycles.